The molecule has 0 aromatic carbocycles. The molecule has 0 unspecified atom stereocenters. The van der Waals surface area contributed by atoms with Crippen LogP contribution in [0.5, 0.6) is 0 Å². The predicted octanol–water partition coefficient (Wildman–Crippen LogP) is 3.18. The predicted molar refractivity (Wildman–Crippen MR) is 98.1 cm³/mol. The van der Waals surface area contributed by atoms with Crippen LogP contribution in [0.3, 0.4) is 0 Å². The second-order valence-electron chi connectivity index (χ2n) is 5.58. The number of thiophene rings is 1. The van der Waals surface area contributed by atoms with Crippen LogP contribution in [0.2, 0.25) is 0 Å². The summed E-state index contributed by atoms with van der Waals surface area (Å²) in [4.78, 5) is 31.4. The Morgan fingerprint density at radius 3 is 3.00 bits per heavy atom. The van der Waals surface area contributed by atoms with Crippen molar-refractivity contribution in [2.75, 3.05) is 12.4 Å². The highest BCUT2D eigenvalue weighted by molar-refractivity contribution is 7.99. The molecule has 0 atom stereocenters. The zero-order valence-corrected chi connectivity index (χ0v) is 15.3. The molecule has 3 rings (SSSR count). The van der Waals surface area contributed by atoms with E-state index in [9.17, 15) is 9.59 Å². The fourth-order valence-corrected chi connectivity index (χ4v) is 5.06. The maximum absolute atomic E-state index is 13.0. The second-order valence-corrected chi connectivity index (χ2v) is 7.61. The van der Waals surface area contributed by atoms with Crippen molar-refractivity contribution in [1.82, 2.24) is 9.55 Å². The van der Waals surface area contributed by atoms with Crippen molar-refractivity contribution in [2.45, 2.75) is 44.3 Å². The molecule has 2 heterocycles. The quantitative estimate of drug-likeness (QED) is 0.341. The van der Waals surface area contributed by atoms with Crippen molar-refractivity contribution >= 4 is 39.3 Å². The number of carbonyl (C=O) groups is 1. The Bertz CT molecular complexity index is 838. The number of aryl methyl sites for hydroxylation is 2. The van der Waals surface area contributed by atoms with Crippen molar-refractivity contribution < 1.29 is 9.53 Å². The molecule has 0 amide bonds. The third-order valence-corrected chi connectivity index (χ3v) is 6.11. The van der Waals surface area contributed by atoms with Gasteiger partial charge < -0.3 is 4.74 Å². The van der Waals surface area contributed by atoms with Gasteiger partial charge in [0.1, 0.15) is 4.83 Å². The number of hydrogen-bond donors (Lipinski definition) is 0. The van der Waals surface area contributed by atoms with E-state index in [0.29, 0.717) is 18.3 Å². The van der Waals surface area contributed by atoms with Crippen molar-refractivity contribution in [3.05, 3.63) is 33.4 Å². The van der Waals surface area contributed by atoms with E-state index >= 15 is 0 Å². The number of fused-ring (bicyclic) bond motifs is 3. The molecule has 0 N–H and O–H groups in total. The van der Waals surface area contributed by atoms with Gasteiger partial charge in [-0.1, -0.05) is 17.8 Å². The first-order valence-corrected chi connectivity index (χ1v) is 9.90. The summed E-state index contributed by atoms with van der Waals surface area (Å²) in [5.41, 5.74) is 1.16. The molecule has 0 fully saturated rings. The molecule has 0 saturated carbocycles. The lowest BCUT2D eigenvalue weighted by Gasteiger charge is -2.12. The fraction of sp³-hybridized carbons (Fsp3) is 0.471. The summed E-state index contributed by atoms with van der Waals surface area (Å²) < 4.78 is 6.57. The highest BCUT2D eigenvalue weighted by atomic mass is 32.2. The molecule has 0 spiro atoms. The first-order valence-electron chi connectivity index (χ1n) is 8.10. The molecule has 0 aliphatic heterocycles. The van der Waals surface area contributed by atoms with E-state index in [1.165, 1.54) is 28.6 Å². The lowest BCUT2D eigenvalue weighted by atomic mass is 9.97. The number of aromatic nitrogens is 2. The van der Waals surface area contributed by atoms with E-state index in [2.05, 4.69) is 11.6 Å². The number of ether oxygens (including phenoxy) is 1. The second kappa shape index (κ2) is 7.53. The largest absolute Gasteiger partial charge is 0.465 e. The summed E-state index contributed by atoms with van der Waals surface area (Å²) in [6.45, 7) is 6.24. The van der Waals surface area contributed by atoms with Crippen molar-refractivity contribution in [2.24, 2.45) is 0 Å². The van der Waals surface area contributed by atoms with Gasteiger partial charge in [0.15, 0.2) is 5.16 Å². The van der Waals surface area contributed by atoms with Crippen molar-refractivity contribution in [3.63, 3.8) is 0 Å². The Morgan fingerprint density at radius 1 is 1.46 bits per heavy atom. The van der Waals surface area contributed by atoms with Gasteiger partial charge in [0.05, 0.1) is 17.7 Å². The van der Waals surface area contributed by atoms with Gasteiger partial charge in [0, 0.05) is 11.4 Å². The first kappa shape index (κ1) is 17.2. The van der Waals surface area contributed by atoms with Gasteiger partial charge in [-0.25, -0.2) is 4.98 Å². The van der Waals surface area contributed by atoms with Crippen LogP contribution in [0.15, 0.2) is 22.6 Å². The summed E-state index contributed by atoms with van der Waals surface area (Å²) in [6, 6.07) is 0. The van der Waals surface area contributed by atoms with E-state index in [4.69, 9.17) is 4.74 Å². The lowest BCUT2D eigenvalue weighted by molar-refractivity contribution is -0.139. The molecular formula is C17H20N2O3S2. The minimum absolute atomic E-state index is 0.0225. The van der Waals surface area contributed by atoms with Crippen LogP contribution in [0.1, 0.15) is 30.2 Å². The third kappa shape index (κ3) is 3.28. The van der Waals surface area contributed by atoms with Crippen molar-refractivity contribution in [3.8, 4) is 0 Å². The summed E-state index contributed by atoms with van der Waals surface area (Å²) in [6.07, 6.45) is 5.96. The topological polar surface area (TPSA) is 61.2 Å². The minimum atomic E-state index is -0.299. The molecule has 1 aliphatic carbocycles. The zero-order valence-electron chi connectivity index (χ0n) is 13.7. The maximum atomic E-state index is 13.0. The molecular weight excluding hydrogens is 344 g/mol. The standard InChI is InChI=1S/C17H20N2O3S2/c1-3-9-19-16(21)14-11-7-5-6-8-12(11)24-15(14)18-17(19)23-10-13(20)22-4-2/h3H,1,4-10H2,2H3. The van der Waals surface area contributed by atoms with Gasteiger partial charge in [-0.2, -0.15) is 0 Å². The van der Waals surface area contributed by atoms with E-state index in [-0.39, 0.29) is 17.3 Å². The highest BCUT2D eigenvalue weighted by Gasteiger charge is 2.22. The van der Waals surface area contributed by atoms with Crippen LogP contribution in [-0.2, 0) is 28.9 Å². The Labute approximate surface area is 148 Å². The molecule has 1 aliphatic rings. The first-order chi connectivity index (χ1) is 11.7. The number of nitrogens with zero attached hydrogens (tertiary/aromatic N) is 2. The van der Waals surface area contributed by atoms with Crippen LogP contribution in [0.4, 0.5) is 0 Å². The molecule has 0 saturated heterocycles. The van der Waals surface area contributed by atoms with Crippen LogP contribution >= 0.6 is 23.1 Å². The van der Waals surface area contributed by atoms with Crippen LogP contribution in [-0.4, -0.2) is 27.9 Å². The van der Waals surface area contributed by atoms with Crippen LogP contribution < -0.4 is 5.56 Å². The average Bonchev–Trinajstić information content (AvgIpc) is 2.94. The summed E-state index contributed by atoms with van der Waals surface area (Å²) >= 11 is 2.87. The number of esters is 1. The molecule has 0 bridgehead atoms. The molecule has 2 aromatic rings. The highest BCUT2D eigenvalue weighted by Crippen LogP contribution is 2.34. The van der Waals surface area contributed by atoms with E-state index < -0.39 is 0 Å². The number of rotatable bonds is 6. The third-order valence-electron chi connectivity index (χ3n) is 3.98. The normalized spacial score (nSPS) is 13.7. The number of carbonyl (C=O) groups excluding carboxylic acids is 1. The monoisotopic (exact) mass is 364 g/mol. The summed E-state index contributed by atoms with van der Waals surface area (Å²) in [5, 5.41) is 1.32. The van der Waals surface area contributed by atoms with Gasteiger partial charge in [0.25, 0.3) is 5.56 Å². The smallest absolute Gasteiger partial charge is 0.316 e. The summed E-state index contributed by atoms with van der Waals surface area (Å²) in [5.74, 6) is -0.152. The number of allylic oxidation sites excluding steroid dienone is 1. The van der Waals surface area contributed by atoms with Gasteiger partial charge in [-0.05, 0) is 38.2 Å². The van der Waals surface area contributed by atoms with Crippen LogP contribution in [0, 0.1) is 0 Å². The Morgan fingerprint density at radius 2 is 2.25 bits per heavy atom. The van der Waals surface area contributed by atoms with Gasteiger partial charge in [-0.15, -0.1) is 17.9 Å². The van der Waals surface area contributed by atoms with E-state index in [1.54, 1.807) is 28.9 Å². The molecule has 0 radical (unpaired) electrons. The summed E-state index contributed by atoms with van der Waals surface area (Å²) in [7, 11) is 0. The molecule has 7 heteroatoms. The molecule has 5 nitrogen and oxygen atoms in total. The van der Waals surface area contributed by atoms with Crippen molar-refractivity contribution in [1.29, 1.82) is 0 Å². The number of thioether (sulfide) groups is 1. The fourth-order valence-electron chi connectivity index (χ4n) is 2.95. The molecule has 24 heavy (non-hydrogen) atoms. The molecule has 128 valence electrons. The Hall–Kier alpha value is -1.60. The van der Waals surface area contributed by atoms with Gasteiger partial charge in [-0.3, -0.25) is 14.2 Å². The SMILES string of the molecule is C=CCn1c(SCC(=O)OCC)nc2sc3c(c2c1=O)CCCC3. The minimum Gasteiger partial charge on any atom is -0.465 e. The Balaban J connectivity index is 2.04. The van der Waals surface area contributed by atoms with Gasteiger partial charge in [0.2, 0.25) is 0 Å². The Kier molecular flexibility index (Phi) is 5.40. The van der Waals surface area contributed by atoms with Crippen LogP contribution in [0.25, 0.3) is 10.2 Å². The number of hydrogen-bond acceptors (Lipinski definition) is 6. The zero-order chi connectivity index (χ0) is 17.1. The lowest BCUT2D eigenvalue weighted by Crippen LogP contribution is -2.23. The van der Waals surface area contributed by atoms with E-state index in [1.807, 2.05) is 0 Å². The van der Waals surface area contributed by atoms with E-state index in [0.717, 1.165) is 29.5 Å². The molecule has 2 aromatic heterocycles. The average molecular weight is 364 g/mol. The maximum Gasteiger partial charge on any atom is 0.316 e. The van der Waals surface area contributed by atoms with Gasteiger partial charge >= 0.3 is 5.97 Å².